The molecule has 1 aromatic heterocycles. The number of amides is 1. The van der Waals surface area contributed by atoms with E-state index >= 15 is 0 Å². The van der Waals surface area contributed by atoms with Crippen LogP contribution in [0.2, 0.25) is 5.15 Å². The number of hydrogen-bond donors (Lipinski definition) is 1. The van der Waals surface area contributed by atoms with E-state index in [-0.39, 0.29) is 10.7 Å². The molecule has 0 saturated carbocycles. The zero-order valence-electron chi connectivity index (χ0n) is 10.8. The first kappa shape index (κ1) is 15.4. The molecule has 108 valence electrons. The third-order valence-electron chi connectivity index (χ3n) is 2.75. The van der Waals surface area contributed by atoms with Gasteiger partial charge in [0.2, 0.25) is 5.15 Å². The Morgan fingerprint density at radius 1 is 1.43 bits per heavy atom. The molecule has 0 spiro atoms. The number of benzene rings is 1. The normalized spacial score (nSPS) is 10.2. The molecule has 0 fully saturated rings. The second kappa shape index (κ2) is 6.19. The number of nitro groups is 1. The maximum Gasteiger partial charge on any atom is 0.319 e. The molecule has 6 nitrogen and oxygen atoms in total. The molecule has 1 aromatic carbocycles. The summed E-state index contributed by atoms with van der Waals surface area (Å²) >= 11 is 9.04. The second-order valence-corrected chi connectivity index (χ2v) is 5.30. The predicted molar refractivity (Wildman–Crippen MR) is 82.7 cm³/mol. The standard InChI is InChI=1S/C13H9BrClN3O3/c1-7-3-2-4-9(10(7)14)17-13(19)8-5-6-16-12(15)11(8)18(20)21/h2-6H,1H3,(H,17,19). The van der Waals surface area contributed by atoms with E-state index in [0.717, 1.165) is 5.56 Å². The fraction of sp³-hybridized carbons (Fsp3) is 0.0769. The highest BCUT2D eigenvalue weighted by atomic mass is 79.9. The molecule has 0 aliphatic rings. The quantitative estimate of drug-likeness (QED) is 0.503. The van der Waals surface area contributed by atoms with E-state index in [1.54, 1.807) is 12.1 Å². The maximum atomic E-state index is 12.2. The van der Waals surface area contributed by atoms with Crippen LogP contribution < -0.4 is 5.32 Å². The molecule has 8 heteroatoms. The number of carbonyl (C=O) groups excluding carboxylic acids is 1. The van der Waals surface area contributed by atoms with Gasteiger partial charge in [-0.25, -0.2) is 4.98 Å². The van der Waals surface area contributed by atoms with Crippen LogP contribution in [0.25, 0.3) is 0 Å². The first-order chi connectivity index (χ1) is 9.91. The fourth-order valence-corrected chi connectivity index (χ4v) is 2.31. The number of aryl methyl sites for hydroxylation is 1. The molecule has 0 unspecified atom stereocenters. The van der Waals surface area contributed by atoms with Crippen molar-refractivity contribution in [1.82, 2.24) is 4.98 Å². The van der Waals surface area contributed by atoms with Crippen LogP contribution in [0.15, 0.2) is 34.9 Å². The van der Waals surface area contributed by atoms with E-state index in [2.05, 4.69) is 26.2 Å². The number of nitrogens with zero attached hydrogens (tertiary/aromatic N) is 2. The van der Waals surface area contributed by atoms with Gasteiger partial charge in [0.15, 0.2) is 0 Å². The molecule has 1 heterocycles. The van der Waals surface area contributed by atoms with Gasteiger partial charge in [-0.15, -0.1) is 0 Å². The summed E-state index contributed by atoms with van der Waals surface area (Å²) in [7, 11) is 0. The average molecular weight is 371 g/mol. The van der Waals surface area contributed by atoms with Crippen LogP contribution in [0.1, 0.15) is 15.9 Å². The summed E-state index contributed by atoms with van der Waals surface area (Å²) in [6, 6.07) is 6.57. The van der Waals surface area contributed by atoms with E-state index < -0.39 is 16.5 Å². The topological polar surface area (TPSA) is 85.1 Å². The fourth-order valence-electron chi connectivity index (χ4n) is 1.72. The first-order valence-corrected chi connectivity index (χ1v) is 6.94. The lowest BCUT2D eigenvalue weighted by Gasteiger charge is -2.09. The van der Waals surface area contributed by atoms with Crippen LogP contribution in [-0.2, 0) is 0 Å². The lowest BCUT2D eigenvalue weighted by molar-refractivity contribution is -0.385. The van der Waals surface area contributed by atoms with Crippen LogP contribution in [0.5, 0.6) is 0 Å². The molecule has 0 bridgehead atoms. The third-order valence-corrected chi connectivity index (χ3v) is 4.08. The summed E-state index contributed by atoms with van der Waals surface area (Å²) in [5.74, 6) is -0.627. The number of carbonyl (C=O) groups is 1. The zero-order valence-corrected chi connectivity index (χ0v) is 13.1. The molecular formula is C13H9BrClN3O3. The van der Waals surface area contributed by atoms with Crippen molar-refractivity contribution in [3.63, 3.8) is 0 Å². The van der Waals surface area contributed by atoms with E-state index in [0.29, 0.717) is 10.2 Å². The van der Waals surface area contributed by atoms with Gasteiger partial charge in [-0.1, -0.05) is 23.7 Å². The summed E-state index contributed by atoms with van der Waals surface area (Å²) in [4.78, 5) is 26.1. The minimum absolute atomic E-state index is 0.145. The summed E-state index contributed by atoms with van der Waals surface area (Å²) < 4.78 is 0.709. The number of rotatable bonds is 3. The van der Waals surface area contributed by atoms with E-state index in [9.17, 15) is 14.9 Å². The van der Waals surface area contributed by atoms with Crippen LogP contribution >= 0.6 is 27.5 Å². The SMILES string of the molecule is Cc1cccc(NC(=O)c2ccnc(Cl)c2[N+](=O)[O-])c1Br. The predicted octanol–water partition coefficient (Wildman–Crippen LogP) is 3.97. The monoisotopic (exact) mass is 369 g/mol. The summed E-state index contributed by atoms with van der Waals surface area (Å²) in [5, 5.41) is 13.3. The van der Waals surface area contributed by atoms with Crippen molar-refractivity contribution < 1.29 is 9.72 Å². The molecule has 21 heavy (non-hydrogen) atoms. The Balaban J connectivity index is 2.40. The smallest absolute Gasteiger partial charge is 0.319 e. The molecule has 1 N–H and O–H groups in total. The molecule has 0 saturated heterocycles. The van der Waals surface area contributed by atoms with E-state index in [1.807, 2.05) is 13.0 Å². The zero-order chi connectivity index (χ0) is 15.6. The van der Waals surface area contributed by atoms with Crippen molar-refractivity contribution in [1.29, 1.82) is 0 Å². The Labute approximate surface area is 133 Å². The van der Waals surface area contributed by atoms with Crippen LogP contribution in [0.3, 0.4) is 0 Å². The first-order valence-electron chi connectivity index (χ1n) is 5.77. The molecule has 2 aromatic rings. The highest BCUT2D eigenvalue weighted by Crippen LogP contribution is 2.29. The van der Waals surface area contributed by atoms with Crippen molar-refractivity contribution in [3.8, 4) is 0 Å². The molecular weight excluding hydrogens is 362 g/mol. The molecule has 2 rings (SSSR count). The van der Waals surface area contributed by atoms with Crippen molar-refractivity contribution >= 4 is 44.8 Å². The molecule has 0 radical (unpaired) electrons. The number of nitrogens with one attached hydrogen (secondary N) is 1. The van der Waals surface area contributed by atoms with Crippen molar-refractivity contribution in [2.75, 3.05) is 5.32 Å². The summed E-state index contributed by atoms with van der Waals surface area (Å²) in [5.41, 5.74) is 0.783. The van der Waals surface area contributed by atoms with Crippen LogP contribution in [0, 0.1) is 17.0 Å². The van der Waals surface area contributed by atoms with Crippen molar-refractivity contribution in [3.05, 3.63) is 61.3 Å². The number of halogens is 2. The number of anilines is 1. The average Bonchev–Trinajstić information content (AvgIpc) is 2.43. The molecule has 0 aliphatic carbocycles. The van der Waals surface area contributed by atoms with E-state index in [1.165, 1.54) is 12.3 Å². The Morgan fingerprint density at radius 2 is 2.14 bits per heavy atom. The summed E-state index contributed by atoms with van der Waals surface area (Å²) in [6.45, 7) is 1.87. The minimum Gasteiger partial charge on any atom is -0.321 e. The van der Waals surface area contributed by atoms with Gasteiger partial charge in [0.05, 0.1) is 10.6 Å². The molecule has 1 amide bonds. The lowest BCUT2D eigenvalue weighted by atomic mass is 10.2. The van der Waals surface area contributed by atoms with Gasteiger partial charge >= 0.3 is 5.69 Å². The number of hydrogen-bond acceptors (Lipinski definition) is 4. The van der Waals surface area contributed by atoms with Gasteiger partial charge in [-0.2, -0.15) is 0 Å². The van der Waals surface area contributed by atoms with Gasteiger partial charge in [-0.3, -0.25) is 14.9 Å². The van der Waals surface area contributed by atoms with Gasteiger partial charge < -0.3 is 5.32 Å². The lowest BCUT2D eigenvalue weighted by Crippen LogP contribution is -2.15. The van der Waals surface area contributed by atoms with Crippen LogP contribution in [0.4, 0.5) is 11.4 Å². The Kier molecular flexibility index (Phi) is 4.54. The molecule has 0 aliphatic heterocycles. The van der Waals surface area contributed by atoms with Crippen LogP contribution in [-0.4, -0.2) is 15.8 Å². The third kappa shape index (κ3) is 3.20. The largest absolute Gasteiger partial charge is 0.321 e. The Hall–Kier alpha value is -1.99. The van der Waals surface area contributed by atoms with Gasteiger partial charge in [0, 0.05) is 10.7 Å². The minimum atomic E-state index is -0.727. The second-order valence-electron chi connectivity index (χ2n) is 4.15. The Bertz CT molecular complexity index is 737. The summed E-state index contributed by atoms with van der Waals surface area (Å²) in [6.07, 6.45) is 1.25. The van der Waals surface area contributed by atoms with Gasteiger partial charge in [-0.05, 0) is 40.5 Å². The number of pyridine rings is 1. The number of aromatic nitrogens is 1. The highest BCUT2D eigenvalue weighted by Gasteiger charge is 2.25. The van der Waals surface area contributed by atoms with Crippen molar-refractivity contribution in [2.24, 2.45) is 0 Å². The molecule has 0 atom stereocenters. The highest BCUT2D eigenvalue weighted by molar-refractivity contribution is 9.10. The Morgan fingerprint density at radius 3 is 2.81 bits per heavy atom. The van der Waals surface area contributed by atoms with Gasteiger partial charge in [0.1, 0.15) is 5.56 Å². The van der Waals surface area contributed by atoms with Gasteiger partial charge in [0.25, 0.3) is 5.91 Å². The van der Waals surface area contributed by atoms with E-state index in [4.69, 9.17) is 11.6 Å². The maximum absolute atomic E-state index is 12.2. The van der Waals surface area contributed by atoms with Crippen molar-refractivity contribution in [2.45, 2.75) is 6.92 Å².